The van der Waals surface area contributed by atoms with Crippen LogP contribution in [0.3, 0.4) is 0 Å². The fourth-order valence-corrected chi connectivity index (χ4v) is 5.37. The van der Waals surface area contributed by atoms with Crippen molar-refractivity contribution >= 4 is 23.5 Å². The summed E-state index contributed by atoms with van der Waals surface area (Å²) in [6, 6.07) is 21.0. The Morgan fingerprint density at radius 1 is 1.02 bits per heavy atom. The molecule has 1 atom stereocenters. The lowest BCUT2D eigenvalue weighted by molar-refractivity contribution is 0.0952. The van der Waals surface area contributed by atoms with Crippen LogP contribution in [-0.4, -0.2) is 39.2 Å². The highest BCUT2D eigenvalue weighted by molar-refractivity contribution is 6.30. The molecular formula is C32H33ClN4O3. The van der Waals surface area contributed by atoms with E-state index in [1.54, 1.807) is 12.3 Å². The Morgan fingerprint density at radius 2 is 1.82 bits per heavy atom. The van der Waals surface area contributed by atoms with E-state index in [1.807, 2.05) is 24.3 Å². The third kappa shape index (κ3) is 6.37. The fourth-order valence-electron chi connectivity index (χ4n) is 5.25. The molecule has 3 aromatic carbocycles. The van der Waals surface area contributed by atoms with E-state index in [0.29, 0.717) is 35.9 Å². The number of benzene rings is 3. The minimum atomic E-state index is -0.231. The van der Waals surface area contributed by atoms with Crippen LogP contribution in [0.2, 0.25) is 5.02 Å². The quantitative estimate of drug-likeness (QED) is 0.220. The molecule has 1 amide bonds. The summed E-state index contributed by atoms with van der Waals surface area (Å²) in [6.07, 6.45) is 5.55. The van der Waals surface area contributed by atoms with Gasteiger partial charge in [-0.25, -0.2) is 9.97 Å². The Hall–Kier alpha value is -4.10. The van der Waals surface area contributed by atoms with Gasteiger partial charge in [0.2, 0.25) is 5.95 Å². The van der Waals surface area contributed by atoms with E-state index in [2.05, 4.69) is 46.4 Å². The van der Waals surface area contributed by atoms with E-state index in [0.717, 1.165) is 37.1 Å². The highest BCUT2D eigenvalue weighted by Crippen LogP contribution is 2.35. The van der Waals surface area contributed by atoms with E-state index < -0.39 is 0 Å². The highest BCUT2D eigenvalue weighted by atomic mass is 35.5. The van der Waals surface area contributed by atoms with Crippen molar-refractivity contribution in [3.63, 3.8) is 0 Å². The summed E-state index contributed by atoms with van der Waals surface area (Å²) in [5.74, 6) is 0.0584. The third-order valence-electron chi connectivity index (χ3n) is 7.50. The van der Waals surface area contributed by atoms with Gasteiger partial charge in [0.05, 0.1) is 17.3 Å². The van der Waals surface area contributed by atoms with Gasteiger partial charge in [-0.15, -0.1) is 0 Å². The Kier molecular flexibility index (Phi) is 8.51. The van der Waals surface area contributed by atoms with Gasteiger partial charge < -0.3 is 20.4 Å². The van der Waals surface area contributed by atoms with Crippen LogP contribution < -0.4 is 10.2 Å². The summed E-state index contributed by atoms with van der Waals surface area (Å²) >= 11 is 6.12. The monoisotopic (exact) mass is 556 g/mol. The number of halogens is 1. The molecule has 4 aromatic rings. The Bertz CT molecular complexity index is 1490. The number of nitrogens with one attached hydrogen (secondary N) is 1. The molecule has 1 aromatic heterocycles. The molecule has 7 nitrogen and oxygen atoms in total. The Morgan fingerprint density at radius 3 is 2.60 bits per heavy atom. The van der Waals surface area contributed by atoms with Gasteiger partial charge in [-0.3, -0.25) is 4.79 Å². The van der Waals surface area contributed by atoms with Gasteiger partial charge in [-0.1, -0.05) is 54.1 Å². The lowest BCUT2D eigenvalue weighted by atomic mass is 10.0. The number of phenols is 2. The number of carbonyl (C=O) groups excluding carboxylic acids is 1. The van der Waals surface area contributed by atoms with Gasteiger partial charge in [-0.2, -0.15) is 0 Å². The molecule has 1 aliphatic heterocycles. The first-order valence-electron chi connectivity index (χ1n) is 13.6. The zero-order valence-electron chi connectivity index (χ0n) is 22.5. The van der Waals surface area contributed by atoms with Crippen molar-refractivity contribution in [2.45, 2.75) is 45.1 Å². The normalized spacial score (nSPS) is 14.8. The molecule has 0 radical (unpaired) electrons. The smallest absolute Gasteiger partial charge is 0.254 e. The largest absolute Gasteiger partial charge is 0.504 e. The average molecular weight is 557 g/mol. The van der Waals surface area contributed by atoms with E-state index >= 15 is 0 Å². The SMILES string of the molecule is Cc1ccccc1CCc1nc(N2CCC[C@@H]2c2ccc(Cl)cc2)ncc1C(=O)NCCc1ccc(O)c(O)c1. The predicted octanol–water partition coefficient (Wildman–Crippen LogP) is 5.95. The molecule has 3 N–H and O–H groups in total. The first kappa shape index (κ1) is 27.5. The van der Waals surface area contributed by atoms with Crippen molar-refractivity contribution in [1.82, 2.24) is 15.3 Å². The molecular weight excluding hydrogens is 524 g/mol. The summed E-state index contributed by atoms with van der Waals surface area (Å²) in [4.78, 5) is 25.2. The summed E-state index contributed by atoms with van der Waals surface area (Å²) < 4.78 is 0. The summed E-state index contributed by atoms with van der Waals surface area (Å²) in [5, 5.41) is 23.0. The van der Waals surface area contributed by atoms with E-state index in [1.165, 1.54) is 28.8 Å². The minimum Gasteiger partial charge on any atom is -0.504 e. The van der Waals surface area contributed by atoms with Crippen molar-refractivity contribution in [2.24, 2.45) is 0 Å². The number of aromatic nitrogens is 2. The maximum absolute atomic E-state index is 13.3. The number of phenolic OH excluding ortho intramolecular Hbond substituents is 2. The third-order valence-corrected chi connectivity index (χ3v) is 7.75. The predicted molar refractivity (Wildman–Crippen MR) is 157 cm³/mol. The Balaban J connectivity index is 1.37. The van der Waals surface area contributed by atoms with Crippen LogP contribution in [0.4, 0.5) is 5.95 Å². The molecule has 8 heteroatoms. The number of aromatic hydroxyl groups is 2. The number of hydrogen-bond donors (Lipinski definition) is 3. The van der Waals surface area contributed by atoms with Crippen molar-refractivity contribution < 1.29 is 15.0 Å². The van der Waals surface area contributed by atoms with Gasteiger partial charge in [0.25, 0.3) is 5.91 Å². The summed E-state index contributed by atoms with van der Waals surface area (Å²) in [5.41, 5.74) is 5.60. The van der Waals surface area contributed by atoms with Crippen LogP contribution in [0.5, 0.6) is 11.5 Å². The molecule has 2 heterocycles. The topological polar surface area (TPSA) is 98.6 Å². The van der Waals surface area contributed by atoms with Crippen LogP contribution in [0.1, 0.15) is 57.2 Å². The van der Waals surface area contributed by atoms with Gasteiger partial charge in [0.15, 0.2) is 11.5 Å². The van der Waals surface area contributed by atoms with Crippen molar-refractivity contribution in [3.8, 4) is 11.5 Å². The number of hydrogen-bond acceptors (Lipinski definition) is 6. The van der Waals surface area contributed by atoms with Crippen LogP contribution in [0, 0.1) is 6.92 Å². The van der Waals surface area contributed by atoms with Gasteiger partial charge >= 0.3 is 0 Å². The molecule has 40 heavy (non-hydrogen) atoms. The maximum Gasteiger partial charge on any atom is 0.254 e. The van der Waals surface area contributed by atoms with Crippen LogP contribution >= 0.6 is 11.6 Å². The number of anilines is 1. The lowest BCUT2D eigenvalue weighted by Crippen LogP contribution is -2.29. The lowest BCUT2D eigenvalue weighted by Gasteiger charge is -2.26. The van der Waals surface area contributed by atoms with Crippen molar-refractivity contribution in [3.05, 3.63) is 111 Å². The molecule has 1 aliphatic rings. The fraction of sp³-hybridized carbons (Fsp3) is 0.281. The minimum absolute atomic E-state index is 0.155. The average Bonchev–Trinajstić information content (AvgIpc) is 3.45. The highest BCUT2D eigenvalue weighted by Gasteiger charge is 2.29. The molecule has 1 fully saturated rings. The molecule has 0 saturated carbocycles. The zero-order chi connectivity index (χ0) is 28.1. The van der Waals surface area contributed by atoms with Gasteiger partial charge in [0.1, 0.15) is 0 Å². The van der Waals surface area contributed by atoms with Crippen LogP contribution in [-0.2, 0) is 19.3 Å². The molecule has 0 spiro atoms. The van der Waals surface area contributed by atoms with Gasteiger partial charge in [0, 0.05) is 24.3 Å². The van der Waals surface area contributed by atoms with Crippen LogP contribution in [0.15, 0.2) is 72.9 Å². The maximum atomic E-state index is 13.3. The number of nitrogens with zero attached hydrogens (tertiary/aromatic N) is 3. The molecule has 0 unspecified atom stereocenters. The standard InChI is InChI=1S/C32H33ClN4O3/c1-21-5-2-3-6-23(21)11-14-27-26(31(40)34-17-16-22-8-15-29(38)30(39)19-22)20-35-32(36-27)37-18-4-7-28(37)24-9-12-25(33)13-10-24/h2-3,5-6,8-10,12-13,15,19-20,28,38-39H,4,7,11,14,16-18H2,1H3,(H,34,40)/t28-/m1/s1. The van der Waals surface area contributed by atoms with Gasteiger partial charge in [-0.05, 0) is 85.5 Å². The molecule has 0 aliphatic carbocycles. The first-order valence-corrected chi connectivity index (χ1v) is 14.0. The van der Waals surface area contributed by atoms with E-state index in [4.69, 9.17) is 16.6 Å². The number of carbonyl (C=O) groups is 1. The number of amides is 1. The number of aryl methyl sites for hydroxylation is 3. The second-order valence-corrected chi connectivity index (χ2v) is 10.6. The first-order chi connectivity index (χ1) is 19.4. The molecule has 1 saturated heterocycles. The van der Waals surface area contributed by atoms with Crippen LogP contribution in [0.25, 0.3) is 0 Å². The molecule has 5 rings (SSSR count). The number of rotatable bonds is 9. The molecule has 0 bridgehead atoms. The second kappa shape index (κ2) is 12.4. The second-order valence-electron chi connectivity index (χ2n) is 10.2. The summed E-state index contributed by atoms with van der Waals surface area (Å²) in [7, 11) is 0. The van der Waals surface area contributed by atoms with Crippen molar-refractivity contribution in [2.75, 3.05) is 18.0 Å². The van der Waals surface area contributed by atoms with E-state index in [-0.39, 0.29) is 23.4 Å². The Labute approximate surface area is 239 Å². The summed E-state index contributed by atoms with van der Waals surface area (Å²) in [6.45, 7) is 3.30. The molecule has 206 valence electrons. The zero-order valence-corrected chi connectivity index (χ0v) is 23.2. The van der Waals surface area contributed by atoms with Crippen molar-refractivity contribution in [1.29, 1.82) is 0 Å². The van der Waals surface area contributed by atoms with E-state index in [9.17, 15) is 15.0 Å².